The number of hydrogen-bond donors (Lipinski definition) is 2. The van der Waals surface area contributed by atoms with E-state index >= 15 is 0 Å². The van der Waals surface area contributed by atoms with Crippen LogP contribution in [0, 0.1) is 0 Å². The Balaban J connectivity index is 1.24. The van der Waals surface area contributed by atoms with Gasteiger partial charge in [0.25, 0.3) is 5.91 Å². The lowest BCUT2D eigenvalue weighted by Crippen LogP contribution is -2.39. The Labute approximate surface area is 193 Å². The number of carbonyl (C=O) groups is 3. The van der Waals surface area contributed by atoms with E-state index in [1.165, 1.54) is 6.39 Å². The molecule has 1 aliphatic rings. The summed E-state index contributed by atoms with van der Waals surface area (Å²) in [4.78, 5) is 40.0. The second-order valence-electron chi connectivity index (χ2n) is 7.97. The number of carbonyl (C=O) groups excluding carboxylic acids is 3. The maximum absolute atomic E-state index is 12.3. The van der Waals surface area contributed by atoms with Crippen LogP contribution < -0.4 is 15.4 Å². The third-order valence-electron chi connectivity index (χ3n) is 5.68. The summed E-state index contributed by atoms with van der Waals surface area (Å²) in [5.74, 6) is -0.229. The first-order valence-corrected chi connectivity index (χ1v) is 10.7. The van der Waals surface area contributed by atoms with E-state index in [9.17, 15) is 14.4 Å². The van der Waals surface area contributed by atoms with Crippen molar-refractivity contribution in [3.05, 3.63) is 60.7 Å². The van der Waals surface area contributed by atoms with Crippen LogP contribution >= 0.6 is 0 Å². The van der Waals surface area contributed by atoms with Crippen molar-refractivity contribution >= 4 is 34.3 Å². The van der Waals surface area contributed by atoms with Crippen LogP contribution in [0.5, 0.6) is 5.75 Å². The Kier molecular flexibility index (Phi) is 5.54. The molecule has 0 bridgehead atoms. The molecule has 1 aliphatic heterocycles. The van der Waals surface area contributed by atoms with E-state index in [1.54, 1.807) is 42.2 Å². The van der Waals surface area contributed by atoms with Crippen LogP contribution in [0.2, 0.25) is 0 Å². The first kappa shape index (κ1) is 21.4. The number of aromatic nitrogens is 3. The van der Waals surface area contributed by atoms with Gasteiger partial charge in [0.1, 0.15) is 5.75 Å². The molecule has 5 rings (SSSR count). The van der Waals surface area contributed by atoms with Crippen LogP contribution in [0.4, 0.5) is 5.69 Å². The highest BCUT2D eigenvalue weighted by molar-refractivity contribution is 6.02. The zero-order valence-corrected chi connectivity index (χ0v) is 18.3. The van der Waals surface area contributed by atoms with Crippen molar-refractivity contribution in [1.29, 1.82) is 0 Å². The van der Waals surface area contributed by atoms with Gasteiger partial charge in [-0.2, -0.15) is 5.10 Å². The largest absolute Gasteiger partial charge is 0.484 e. The van der Waals surface area contributed by atoms with Crippen molar-refractivity contribution in [3.8, 4) is 17.1 Å². The fraction of sp³-hybridized carbons (Fsp3) is 0.208. The van der Waals surface area contributed by atoms with Crippen molar-refractivity contribution in [3.63, 3.8) is 0 Å². The zero-order chi connectivity index (χ0) is 23.7. The number of nitrogens with zero attached hydrogens (tertiary/aromatic N) is 3. The minimum absolute atomic E-state index is 0.173. The quantitative estimate of drug-likeness (QED) is 0.424. The molecule has 10 nitrogen and oxygen atoms in total. The number of benzene rings is 2. The molecule has 2 aromatic carbocycles. The SMILES string of the molecule is Cn1nc(C2CCC(=O)NC2=O)c2ccc(OCC(=O)Nc3ccc(-c4cnco4)cc3)cc21. The number of nitrogens with one attached hydrogen (secondary N) is 2. The first-order valence-electron chi connectivity index (χ1n) is 10.7. The molecule has 3 heterocycles. The second-order valence-corrected chi connectivity index (χ2v) is 7.97. The van der Waals surface area contributed by atoms with Crippen molar-refractivity contribution in [2.24, 2.45) is 7.05 Å². The molecule has 3 amide bonds. The van der Waals surface area contributed by atoms with E-state index in [4.69, 9.17) is 9.15 Å². The van der Waals surface area contributed by atoms with Crippen LogP contribution in [-0.2, 0) is 21.4 Å². The molecular formula is C24H21N5O5. The molecule has 172 valence electrons. The van der Waals surface area contributed by atoms with Crippen molar-refractivity contribution in [2.75, 3.05) is 11.9 Å². The summed E-state index contributed by atoms with van der Waals surface area (Å²) in [6, 6.07) is 12.5. The number of rotatable bonds is 6. The highest BCUT2D eigenvalue weighted by Crippen LogP contribution is 2.32. The van der Waals surface area contributed by atoms with Crippen molar-refractivity contribution < 1.29 is 23.5 Å². The Morgan fingerprint density at radius 1 is 1.24 bits per heavy atom. The molecule has 1 saturated heterocycles. The van der Waals surface area contributed by atoms with Crippen LogP contribution in [0.15, 0.2) is 59.5 Å². The monoisotopic (exact) mass is 459 g/mol. The lowest BCUT2D eigenvalue weighted by atomic mass is 9.93. The molecule has 2 N–H and O–H groups in total. The zero-order valence-electron chi connectivity index (χ0n) is 18.3. The summed E-state index contributed by atoms with van der Waals surface area (Å²) in [6.07, 6.45) is 3.69. The van der Waals surface area contributed by atoms with Gasteiger partial charge in [-0.05, 0) is 42.8 Å². The van der Waals surface area contributed by atoms with Crippen LogP contribution in [0.3, 0.4) is 0 Å². The molecule has 4 aromatic rings. The van der Waals surface area contributed by atoms with Crippen LogP contribution in [-0.4, -0.2) is 39.1 Å². The summed E-state index contributed by atoms with van der Waals surface area (Å²) >= 11 is 0. The molecule has 1 unspecified atom stereocenters. The van der Waals surface area contributed by atoms with Gasteiger partial charge in [-0.1, -0.05) is 0 Å². The number of imide groups is 1. The van der Waals surface area contributed by atoms with E-state index < -0.39 is 5.92 Å². The van der Waals surface area contributed by atoms with Gasteiger partial charge >= 0.3 is 0 Å². The van der Waals surface area contributed by atoms with Gasteiger partial charge in [0.05, 0.1) is 23.3 Å². The minimum Gasteiger partial charge on any atom is -0.484 e. The van der Waals surface area contributed by atoms with Gasteiger partial charge < -0.3 is 14.5 Å². The van der Waals surface area contributed by atoms with Gasteiger partial charge in [0.2, 0.25) is 11.8 Å². The fourth-order valence-corrected chi connectivity index (χ4v) is 3.99. The first-order chi connectivity index (χ1) is 16.5. The van der Waals surface area contributed by atoms with E-state index in [2.05, 4.69) is 20.7 Å². The molecule has 0 spiro atoms. The molecular weight excluding hydrogens is 438 g/mol. The normalized spacial score (nSPS) is 15.9. The third kappa shape index (κ3) is 4.25. The van der Waals surface area contributed by atoms with E-state index in [-0.39, 0.29) is 30.7 Å². The Hall–Kier alpha value is -4.47. The summed E-state index contributed by atoms with van der Waals surface area (Å²) in [7, 11) is 1.77. The molecule has 1 atom stereocenters. The Morgan fingerprint density at radius 3 is 2.79 bits per heavy atom. The molecule has 10 heteroatoms. The molecule has 34 heavy (non-hydrogen) atoms. The lowest BCUT2D eigenvalue weighted by molar-refractivity contribution is -0.134. The smallest absolute Gasteiger partial charge is 0.262 e. The number of aryl methyl sites for hydroxylation is 1. The summed E-state index contributed by atoms with van der Waals surface area (Å²) in [6.45, 7) is -0.173. The van der Waals surface area contributed by atoms with E-state index in [1.807, 2.05) is 18.2 Å². The van der Waals surface area contributed by atoms with E-state index in [0.717, 1.165) is 16.5 Å². The second kappa shape index (κ2) is 8.81. The van der Waals surface area contributed by atoms with Crippen LogP contribution in [0.1, 0.15) is 24.5 Å². The van der Waals surface area contributed by atoms with Gasteiger partial charge in [-0.15, -0.1) is 0 Å². The molecule has 0 radical (unpaired) electrons. The summed E-state index contributed by atoms with van der Waals surface area (Å²) in [5, 5.41) is 10.5. The number of piperidine rings is 1. The molecule has 0 saturated carbocycles. The highest BCUT2D eigenvalue weighted by Gasteiger charge is 2.31. The number of hydrogen-bond acceptors (Lipinski definition) is 7. The summed E-state index contributed by atoms with van der Waals surface area (Å²) < 4.78 is 12.6. The minimum atomic E-state index is -0.477. The maximum atomic E-state index is 12.3. The summed E-state index contributed by atoms with van der Waals surface area (Å²) in [5.41, 5.74) is 2.88. The van der Waals surface area contributed by atoms with Gasteiger partial charge in [0.15, 0.2) is 18.8 Å². The Morgan fingerprint density at radius 2 is 2.06 bits per heavy atom. The van der Waals surface area contributed by atoms with Crippen molar-refractivity contribution in [1.82, 2.24) is 20.1 Å². The van der Waals surface area contributed by atoms with Crippen LogP contribution in [0.25, 0.3) is 22.2 Å². The highest BCUT2D eigenvalue weighted by atomic mass is 16.5. The lowest BCUT2D eigenvalue weighted by Gasteiger charge is -2.19. The molecule has 2 aromatic heterocycles. The number of ether oxygens (including phenoxy) is 1. The average Bonchev–Trinajstić information content (AvgIpc) is 3.47. The number of fused-ring (bicyclic) bond motifs is 1. The molecule has 0 aliphatic carbocycles. The van der Waals surface area contributed by atoms with Crippen molar-refractivity contribution in [2.45, 2.75) is 18.8 Å². The van der Waals surface area contributed by atoms with Gasteiger partial charge in [-0.25, -0.2) is 4.98 Å². The third-order valence-corrected chi connectivity index (χ3v) is 5.68. The maximum Gasteiger partial charge on any atom is 0.262 e. The van der Waals surface area contributed by atoms with Gasteiger partial charge in [-0.3, -0.25) is 24.4 Å². The number of anilines is 1. The number of oxazole rings is 1. The predicted molar refractivity (Wildman–Crippen MR) is 122 cm³/mol. The predicted octanol–water partition coefficient (Wildman–Crippen LogP) is 2.77. The Bertz CT molecular complexity index is 1380. The topological polar surface area (TPSA) is 128 Å². The van der Waals surface area contributed by atoms with Gasteiger partial charge in [0, 0.05) is 36.2 Å². The molecule has 1 fully saturated rings. The van der Waals surface area contributed by atoms with E-state index in [0.29, 0.717) is 29.3 Å². The standard InChI is InChI=1S/C24H21N5O5/c1-29-19-10-16(6-7-17(19)23(28-29)18-8-9-21(30)27-24(18)32)33-12-22(31)26-15-4-2-14(3-5-15)20-11-25-13-34-20/h2-7,10-11,13,18H,8-9,12H2,1H3,(H,26,31)(H,27,30,32). The average molecular weight is 459 g/mol. The fourth-order valence-electron chi connectivity index (χ4n) is 3.99. The number of amides is 3.